The Morgan fingerprint density at radius 1 is 0.868 bits per heavy atom. The number of piperidine rings is 1. The summed E-state index contributed by atoms with van der Waals surface area (Å²) in [7, 11) is 0. The van der Waals surface area contributed by atoms with E-state index in [0.717, 1.165) is 72.4 Å². The van der Waals surface area contributed by atoms with Gasteiger partial charge in [0.05, 0.1) is 23.1 Å². The molecule has 0 radical (unpaired) electrons. The van der Waals surface area contributed by atoms with Crippen LogP contribution in [0.3, 0.4) is 0 Å². The van der Waals surface area contributed by atoms with E-state index in [1.807, 2.05) is 71.4 Å². The van der Waals surface area contributed by atoms with Crippen LogP contribution in [0.4, 0.5) is 17.1 Å². The maximum atomic E-state index is 12.9. The summed E-state index contributed by atoms with van der Waals surface area (Å²) in [6.07, 6.45) is 5.19. The highest BCUT2D eigenvalue weighted by molar-refractivity contribution is 6.05. The molecule has 38 heavy (non-hydrogen) atoms. The summed E-state index contributed by atoms with van der Waals surface area (Å²) in [6.45, 7) is 1.58. The predicted octanol–water partition coefficient (Wildman–Crippen LogP) is 5.06. The van der Waals surface area contributed by atoms with E-state index in [2.05, 4.69) is 25.8 Å². The molecule has 1 aliphatic carbocycles. The Kier molecular flexibility index (Phi) is 6.25. The van der Waals surface area contributed by atoms with Crippen LogP contribution in [0.2, 0.25) is 0 Å². The summed E-state index contributed by atoms with van der Waals surface area (Å²) < 4.78 is 1.84. The number of aromatic nitrogens is 2. The Hall–Kier alpha value is -4.66. The maximum Gasteiger partial charge on any atom is 0.255 e. The van der Waals surface area contributed by atoms with Crippen molar-refractivity contribution in [1.29, 1.82) is 0 Å². The second-order valence-corrected chi connectivity index (χ2v) is 9.79. The summed E-state index contributed by atoms with van der Waals surface area (Å²) in [6, 6.07) is 20.9. The standard InChI is InChI=1S/C29H28N6O3/c36-28(19-1-2-19)31-22-5-10-26(11-6-22)35-27-12-7-24(17-21(27)18-30-35)32-29(37)20-3-8-25(9-4-20)34-15-13-23(33-38)14-16-34/h3-12,17-19,38H,1-2,13-16H2,(H,31,36)(H,32,37). The van der Waals surface area contributed by atoms with E-state index in [1.165, 1.54) is 0 Å². The zero-order valence-electron chi connectivity index (χ0n) is 20.8. The van der Waals surface area contributed by atoms with Crippen LogP contribution in [0.5, 0.6) is 0 Å². The Morgan fingerprint density at radius 2 is 1.55 bits per heavy atom. The summed E-state index contributed by atoms with van der Waals surface area (Å²) in [5, 5.41) is 23.6. The minimum absolute atomic E-state index is 0.0857. The monoisotopic (exact) mass is 508 g/mol. The third-order valence-electron chi connectivity index (χ3n) is 7.13. The lowest BCUT2D eigenvalue weighted by atomic mass is 10.1. The Labute approximate surface area is 219 Å². The fraction of sp³-hybridized carbons (Fsp3) is 0.241. The van der Waals surface area contributed by atoms with Crippen LogP contribution in [0.25, 0.3) is 16.6 Å². The molecule has 1 saturated heterocycles. The first-order valence-electron chi connectivity index (χ1n) is 12.8. The smallest absolute Gasteiger partial charge is 0.255 e. The molecule has 9 heteroatoms. The van der Waals surface area contributed by atoms with Crippen LogP contribution < -0.4 is 15.5 Å². The number of carbonyl (C=O) groups excluding carboxylic acids is 2. The highest BCUT2D eigenvalue weighted by Gasteiger charge is 2.29. The molecule has 9 nitrogen and oxygen atoms in total. The highest BCUT2D eigenvalue weighted by Crippen LogP contribution is 2.30. The molecular formula is C29H28N6O3. The molecule has 2 fully saturated rings. The number of amides is 2. The number of fused-ring (bicyclic) bond motifs is 1. The number of hydrogen-bond donors (Lipinski definition) is 3. The van der Waals surface area contributed by atoms with Crippen molar-refractivity contribution in [1.82, 2.24) is 9.78 Å². The largest absolute Gasteiger partial charge is 0.411 e. The first kappa shape index (κ1) is 23.7. The van der Waals surface area contributed by atoms with Crippen LogP contribution in [0.1, 0.15) is 36.0 Å². The summed E-state index contributed by atoms with van der Waals surface area (Å²) in [5.41, 5.74) is 5.72. The molecule has 0 unspecified atom stereocenters. The zero-order valence-corrected chi connectivity index (χ0v) is 20.8. The fourth-order valence-corrected chi connectivity index (χ4v) is 4.74. The van der Waals surface area contributed by atoms with Crippen molar-refractivity contribution in [3.8, 4) is 5.69 Å². The molecule has 1 saturated carbocycles. The van der Waals surface area contributed by atoms with E-state index in [1.54, 1.807) is 6.20 Å². The van der Waals surface area contributed by atoms with Crippen molar-refractivity contribution >= 4 is 45.5 Å². The number of nitrogens with zero attached hydrogens (tertiary/aromatic N) is 4. The van der Waals surface area contributed by atoms with E-state index in [9.17, 15) is 9.59 Å². The Bertz CT molecular complexity index is 1510. The minimum atomic E-state index is -0.180. The van der Waals surface area contributed by atoms with Gasteiger partial charge in [-0.25, -0.2) is 4.68 Å². The second-order valence-electron chi connectivity index (χ2n) is 9.79. The molecule has 3 aromatic carbocycles. The molecule has 3 N–H and O–H groups in total. The Balaban J connectivity index is 1.11. The molecule has 6 rings (SSSR count). The highest BCUT2D eigenvalue weighted by atomic mass is 16.4. The summed E-state index contributed by atoms with van der Waals surface area (Å²) >= 11 is 0. The van der Waals surface area contributed by atoms with Gasteiger partial charge in [0, 0.05) is 59.9 Å². The lowest BCUT2D eigenvalue weighted by Gasteiger charge is -2.29. The molecule has 1 aromatic heterocycles. The lowest BCUT2D eigenvalue weighted by molar-refractivity contribution is -0.117. The van der Waals surface area contributed by atoms with Gasteiger partial charge >= 0.3 is 0 Å². The number of carbonyl (C=O) groups is 2. The van der Waals surface area contributed by atoms with Gasteiger partial charge in [0.2, 0.25) is 5.91 Å². The number of anilines is 3. The SMILES string of the molecule is O=C(Nc1ccc2c(cnn2-c2ccc(NC(=O)C3CC3)cc2)c1)c1ccc(N2CCC(=NO)CC2)cc1. The van der Waals surface area contributed by atoms with Gasteiger partial charge in [-0.1, -0.05) is 5.16 Å². The van der Waals surface area contributed by atoms with Gasteiger partial charge in [-0.05, 0) is 79.6 Å². The van der Waals surface area contributed by atoms with Crippen LogP contribution in [0, 0.1) is 5.92 Å². The molecule has 2 heterocycles. The van der Waals surface area contributed by atoms with E-state index in [4.69, 9.17) is 5.21 Å². The Morgan fingerprint density at radius 3 is 2.24 bits per heavy atom. The average Bonchev–Trinajstić information content (AvgIpc) is 3.73. The van der Waals surface area contributed by atoms with Gasteiger partial charge in [0.15, 0.2) is 0 Å². The van der Waals surface area contributed by atoms with Gasteiger partial charge in [0.1, 0.15) is 0 Å². The van der Waals surface area contributed by atoms with Gasteiger partial charge in [-0.2, -0.15) is 5.10 Å². The average molecular weight is 509 g/mol. The quantitative estimate of drug-likeness (QED) is 0.249. The molecule has 1 aliphatic heterocycles. The summed E-state index contributed by atoms with van der Waals surface area (Å²) in [5.74, 6) is 0.0684. The third-order valence-corrected chi connectivity index (χ3v) is 7.13. The summed E-state index contributed by atoms with van der Waals surface area (Å²) in [4.78, 5) is 27.1. The van der Waals surface area contributed by atoms with E-state index in [0.29, 0.717) is 11.3 Å². The molecule has 2 amide bonds. The number of nitrogens with one attached hydrogen (secondary N) is 2. The van der Waals surface area contributed by atoms with Gasteiger partial charge in [0.25, 0.3) is 5.91 Å². The molecule has 0 bridgehead atoms. The molecular weight excluding hydrogens is 480 g/mol. The molecule has 2 aliphatic rings. The van der Waals surface area contributed by atoms with Crippen molar-refractivity contribution in [3.05, 3.63) is 78.5 Å². The van der Waals surface area contributed by atoms with Crippen LogP contribution >= 0.6 is 0 Å². The third kappa shape index (κ3) is 4.95. The van der Waals surface area contributed by atoms with Crippen molar-refractivity contribution in [2.24, 2.45) is 11.1 Å². The maximum absolute atomic E-state index is 12.9. The van der Waals surface area contributed by atoms with Gasteiger partial charge in [-0.15, -0.1) is 0 Å². The number of hydrogen-bond acceptors (Lipinski definition) is 6. The van der Waals surface area contributed by atoms with E-state index < -0.39 is 0 Å². The van der Waals surface area contributed by atoms with Crippen molar-refractivity contribution in [2.75, 3.05) is 28.6 Å². The molecule has 192 valence electrons. The number of rotatable bonds is 6. The van der Waals surface area contributed by atoms with Crippen LogP contribution in [0.15, 0.2) is 78.1 Å². The molecule has 4 aromatic rings. The molecule has 0 spiro atoms. The van der Waals surface area contributed by atoms with Gasteiger partial charge < -0.3 is 20.7 Å². The van der Waals surface area contributed by atoms with Crippen LogP contribution in [-0.2, 0) is 4.79 Å². The van der Waals surface area contributed by atoms with Crippen molar-refractivity contribution in [3.63, 3.8) is 0 Å². The number of oxime groups is 1. The minimum Gasteiger partial charge on any atom is -0.411 e. The number of benzene rings is 3. The fourth-order valence-electron chi connectivity index (χ4n) is 4.74. The predicted molar refractivity (Wildman–Crippen MR) is 147 cm³/mol. The second kappa shape index (κ2) is 10.0. The van der Waals surface area contributed by atoms with Crippen molar-refractivity contribution in [2.45, 2.75) is 25.7 Å². The lowest BCUT2D eigenvalue weighted by Crippen LogP contribution is -2.33. The normalized spacial score (nSPS) is 15.4. The molecule has 0 atom stereocenters. The zero-order chi connectivity index (χ0) is 26.1. The van der Waals surface area contributed by atoms with E-state index in [-0.39, 0.29) is 17.7 Å². The first-order chi connectivity index (χ1) is 18.6. The van der Waals surface area contributed by atoms with Gasteiger partial charge in [-0.3, -0.25) is 9.59 Å². The van der Waals surface area contributed by atoms with Crippen LogP contribution in [-0.4, -0.2) is 45.6 Å². The first-order valence-corrected chi connectivity index (χ1v) is 12.8. The van der Waals surface area contributed by atoms with Crippen molar-refractivity contribution < 1.29 is 14.8 Å². The topological polar surface area (TPSA) is 112 Å². The van der Waals surface area contributed by atoms with E-state index >= 15 is 0 Å².